The Morgan fingerprint density at radius 1 is 1.12 bits per heavy atom. The van der Waals surface area contributed by atoms with E-state index in [0.717, 1.165) is 5.56 Å². The van der Waals surface area contributed by atoms with Gasteiger partial charge in [-0.2, -0.15) is 0 Å². The van der Waals surface area contributed by atoms with Crippen LogP contribution in [0.1, 0.15) is 32.3 Å². The van der Waals surface area contributed by atoms with E-state index in [1.807, 2.05) is 49.1 Å². The quantitative estimate of drug-likeness (QED) is 0.851. The van der Waals surface area contributed by atoms with Crippen molar-refractivity contribution in [2.24, 2.45) is 0 Å². The number of hydrogen-bond acceptors (Lipinski definition) is 4. The van der Waals surface area contributed by atoms with E-state index < -0.39 is 15.4 Å². The van der Waals surface area contributed by atoms with Crippen LogP contribution in [0.5, 0.6) is 0 Å². The van der Waals surface area contributed by atoms with Crippen molar-refractivity contribution in [3.05, 3.63) is 53.4 Å². The SMILES string of the molecule is CC(C)(C(=O)N1CCC(NS(=O)(=O)c2cccs2)CC1)c1ccccc1. The summed E-state index contributed by atoms with van der Waals surface area (Å²) >= 11 is 1.21. The molecule has 0 saturated carbocycles. The first-order chi connectivity index (χ1) is 12.3. The zero-order valence-electron chi connectivity index (χ0n) is 15.0. The maximum absolute atomic E-state index is 13.0. The summed E-state index contributed by atoms with van der Waals surface area (Å²) in [7, 11) is -3.46. The van der Waals surface area contributed by atoms with Gasteiger partial charge in [-0.15, -0.1) is 11.3 Å². The highest BCUT2D eigenvalue weighted by Gasteiger charge is 2.36. The van der Waals surface area contributed by atoms with Gasteiger partial charge in [-0.25, -0.2) is 13.1 Å². The molecule has 1 amide bonds. The summed E-state index contributed by atoms with van der Waals surface area (Å²) in [6.07, 6.45) is 1.25. The van der Waals surface area contributed by atoms with Crippen molar-refractivity contribution >= 4 is 27.3 Å². The Bertz CT molecular complexity index is 838. The zero-order valence-corrected chi connectivity index (χ0v) is 16.6. The molecule has 1 N–H and O–H groups in total. The highest BCUT2D eigenvalue weighted by molar-refractivity contribution is 7.91. The average Bonchev–Trinajstić information content (AvgIpc) is 3.18. The van der Waals surface area contributed by atoms with E-state index in [4.69, 9.17) is 0 Å². The molecule has 1 saturated heterocycles. The van der Waals surface area contributed by atoms with Crippen LogP contribution in [0, 0.1) is 0 Å². The molecule has 26 heavy (non-hydrogen) atoms. The molecule has 0 radical (unpaired) electrons. The summed E-state index contributed by atoms with van der Waals surface area (Å²) in [4.78, 5) is 14.8. The monoisotopic (exact) mass is 392 g/mol. The Hall–Kier alpha value is -1.70. The number of rotatable bonds is 5. The molecule has 1 aliphatic heterocycles. The number of amides is 1. The van der Waals surface area contributed by atoms with Gasteiger partial charge in [-0.3, -0.25) is 4.79 Å². The topological polar surface area (TPSA) is 66.5 Å². The van der Waals surface area contributed by atoms with Gasteiger partial charge in [0, 0.05) is 19.1 Å². The lowest BCUT2D eigenvalue weighted by Gasteiger charge is -2.37. The number of likely N-dealkylation sites (tertiary alicyclic amines) is 1. The molecule has 7 heteroatoms. The Morgan fingerprint density at radius 3 is 2.35 bits per heavy atom. The third-order valence-electron chi connectivity index (χ3n) is 4.89. The number of sulfonamides is 1. The molecule has 0 bridgehead atoms. The number of nitrogens with zero attached hydrogens (tertiary/aromatic N) is 1. The van der Waals surface area contributed by atoms with Gasteiger partial charge in [0.1, 0.15) is 4.21 Å². The van der Waals surface area contributed by atoms with E-state index in [-0.39, 0.29) is 11.9 Å². The molecule has 1 aromatic carbocycles. The maximum atomic E-state index is 13.0. The summed E-state index contributed by atoms with van der Waals surface area (Å²) in [5.41, 5.74) is 0.399. The third kappa shape index (κ3) is 4.00. The smallest absolute Gasteiger partial charge is 0.250 e. The normalized spacial score (nSPS) is 16.6. The summed E-state index contributed by atoms with van der Waals surface area (Å²) in [5.74, 6) is 0.0864. The number of hydrogen-bond donors (Lipinski definition) is 1. The van der Waals surface area contributed by atoms with E-state index in [0.29, 0.717) is 30.1 Å². The highest BCUT2D eigenvalue weighted by atomic mass is 32.2. The molecule has 0 spiro atoms. The van der Waals surface area contributed by atoms with Crippen molar-refractivity contribution in [3.8, 4) is 0 Å². The molecule has 0 atom stereocenters. The summed E-state index contributed by atoms with van der Waals surface area (Å²) in [6, 6.07) is 13.0. The summed E-state index contributed by atoms with van der Waals surface area (Å²) in [5, 5.41) is 1.75. The molecule has 1 fully saturated rings. The van der Waals surface area contributed by atoms with Crippen molar-refractivity contribution in [1.29, 1.82) is 0 Å². The first-order valence-electron chi connectivity index (χ1n) is 8.71. The van der Waals surface area contributed by atoms with Crippen molar-refractivity contribution in [3.63, 3.8) is 0 Å². The lowest BCUT2D eigenvalue weighted by atomic mass is 9.82. The lowest BCUT2D eigenvalue weighted by Crippen LogP contribution is -2.50. The number of piperidine rings is 1. The maximum Gasteiger partial charge on any atom is 0.250 e. The van der Waals surface area contributed by atoms with Gasteiger partial charge in [0.15, 0.2) is 0 Å². The molecule has 1 aliphatic rings. The second-order valence-corrected chi connectivity index (χ2v) is 10.00. The zero-order chi connectivity index (χ0) is 18.8. The van der Waals surface area contributed by atoms with Gasteiger partial charge in [0.25, 0.3) is 0 Å². The molecule has 0 aliphatic carbocycles. The third-order valence-corrected chi connectivity index (χ3v) is 7.81. The molecular weight excluding hydrogens is 368 g/mol. The standard InChI is InChI=1S/C19H24N2O3S2/c1-19(2,15-7-4-3-5-8-15)18(22)21-12-10-16(11-13-21)20-26(23,24)17-9-6-14-25-17/h3-9,14,16,20H,10-13H2,1-2H3. The van der Waals surface area contributed by atoms with Crippen LogP contribution in [-0.2, 0) is 20.2 Å². The van der Waals surface area contributed by atoms with Crippen LogP contribution in [0.2, 0.25) is 0 Å². The van der Waals surface area contributed by atoms with Gasteiger partial charge in [-0.1, -0.05) is 36.4 Å². The fourth-order valence-corrected chi connectivity index (χ4v) is 5.58. The molecular formula is C19H24N2O3S2. The Kier molecular flexibility index (Phi) is 5.50. The molecule has 1 aromatic heterocycles. The van der Waals surface area contributed by atoms with Gasteiger partial charge >= 0.3 is 0 Å². The van der Waals surface area contributed by atoms with Gasteiger partial charge in [-0.05, 0) is 43.7 Å². The van der Waals surface area contributed by atoms with Crippen LogP contribution in [0.3, 0.4) is 0 Å². The minimum atomic E-state index is -3.46. The Morgan fingerprint density at radius 2 is 1.77 bits per heavy atom. The van der Waals surface area contributed by atoms with Crippen molar-refractivity contribution in [2.45, 2.75) is 42.4 Å². The highest BCUT2D eigenvalue weighted by Crippen LogP contribution is 2.27. The van der Waals surface area contributed by atoms with Crippen LogP contribution in [-0.4, -0.2) is 38.4 Å². The first kappa shape index (κ1) is 19.1. The second kappa shape index (κ2) is 7.50. The van der Waals surface area contributed by atoms with E-state index in [2.05, 4.69) is 4.72 Å². The predicted molar refractivity (Wildman–Crippen MR) is 104 cm³/mol. The van der Waals surface area contributed by atoms with Crippen LogP contribution in [0.4, 0.5) is 0 Å². The van der Waals surface area contributed by atoms with Crippen molar-refractivity contribution < 1.29 is 13.2 Å². The fourth-order valence-electron chi connectivity index (χ4n) is 3.27. The van der Waals surface area contributed by atoms with E-state index >= 15 is 0 Å². The molecule has 140 valence electrons. The Labute approximate surface area is 159 Å². The van der Waals surface area contributed by atoms with Crippen LogP contribution < -0.4 is 4.72 Å². The second-order valence-electron chi connectivity index (χ2n) is 7.11. The average molecular weight is 393 g/mol. The molecule has 2 aromatic rings. The van der Waals surface area contributed by atoms with E-state index in [1.165, 1.54) is 11.3 Å². The van der Waals surface area contributed by atoms with Crippen molar-refractivity contribution in [1.82, 2.24) is 9.62 Å². The van der Waals surface area contributed by atoms with Crippen LogP contribution >= 0.6 is 11.3 Å². The molecule has 0 unspecified atom stereocenters. The summed E-state index contributed by atoms with van der Waals surface area (Å²) in [6.45, 7) is 5.01. The Balaban J connectivity index is 1.61. The number of carbonyl (C=O) groups is 1. The first-order valence-corrected chi connectivity index (χ1v) is 11.1. The minimum absolute atomic E-state index is 0.0864. The van der Waals surface area contributed by atoms with Crippen LogP contribution in [0.25, 0.3) is 0 Å². The number of carbonyl (C=O) groups excluding carboxylic acids is 1. The van der Waals surface area contributed by atoms with Crippen molar-refractivity contribution in [2.75, 3.05) is 13.1 Å². The van der Waals surface area contributed by atoms with Gasteiger partial charge in [0.05, 0.1) is 5.41 Å². The van der Waals surface area contributed by atoms with E-state index in [1.54, 1.807) is 17.5 Å². The lowest BCUT2D eigenvalue weighted by molar-refractivity contribution is -0.137. The summed E-state index contributed by atoms with van der Waals surface area (Å²) < 4.78 is 27.8. The number of benzene rings is 1. The molecule has 5 nitrogen and oxygen atoms in total. The largest absolute Gasteiger partial charge is 0.342 e. The van der Waals surface area contributed by atoms with Crippen LogP contribution in [0.15, 0.2) is 52.1 Å². The minimum Gasteiger partial charge on any atom is -0.342 e. The van der Waals surface area contributed by atoms with Gasteiger partial charge < -0.3 is 4.90 Å². The molecule has 2 heterocycles. The van der Waals surface area contributed by atoms with Gasteiger partial charge in [0.2, 0.25) is 15.9 Å². The molecule has 3 rings (SSSR count). The number of thiophene rings is 1. The fraction of sp³-hybridized carbons (Fsp3) is 0.421. The predicted octanol–water partition coefficient (Wildman–Crippen LogP) is 3.00. The number of nitrogens with one attached hydrogen (secondary N) is 1. The van der Waals surface area contributed by atoms with E-state index in [9.17, 15) is 13.2 Å².